The van der Waals surface area contributed by atoms with Crippen LogP contribution in [0, 0.1) is 11.6 Å². The first-order chi connectivity index (χ1) is 9.40. The van der Waals surface area contributed by atoms with Crippen LogP contribution in [0.1, 0.15) is 10.4 Å². The van der Waals surface area contributed by atoms with Crippen LogP contribution in [-0.2, 0) is 0 Å². The van der Waals surface area contributed by atoms with E-state index >= 15 is 0 Å². The van der Waals surface area contributed by atoms with Crippen molar-refractivity contribution in [2.75, 3.05) is 5.32 Å². The van der Waals surface area contributed by atoms with E-state index in [4.69, 9.17) is 23.2 Å². The molecule has 0 radical (unpaired) electrons. The average Bonchev–Trinajstić information content (AvgIpc) is 2.39. The van der Waals surface area contributed by atoms with Crippen LogP contribution in [0.15, 0.2) is 34.8 Å². The highest BCUT2D eigenvalue weighted by atomic mass is 79.9. The van der Waals surface area contributed by atoms with Gasteiger partial charge in [0.25, 0.3) is 5.91 Å². The summed E-state index contributed by atoms with van der Waals surface area (Å²) in [6.45, 7) is 0. The molecule has 1 amide bonds. The molecule has 0 bridgehead atoms. The Balaban J connectivity index is 2.33. The Hall–Kier alpha value is -1.17. The van der Waals surface area contributed by atoms with Crippen LogP contribution in [0.3, 0.4) is 0 Å². The zero-order chi connectivity index (χ0) is 14.9. The van der Waals surface area contributed by atoms with E-state index in [2.05, 4.69) is 21.2 Å². The molecule has 0 heterocycles. The highest BCUT2D eigenvalue weighted by Gasteiger charge is 2.16. The first-order valence-electron chi connectivity index (χ1n) is 5.30. The first-order valence-corrected chi connectivity index (χ1v) is 6.85. The molecule has 0 unspecified atom stereocenters. The minimum atomic E-state index is -0.773. The number of carbonyl (C=O) groups is 1. The second kappa shape index (κ2) is 6.08. The van der Waals surface area contributed by atoms with E-state index in [1.807, 2.05) is 0 Å². The number of amides is 1. The maximum atomic E-state index is 13.6. The molecule has 0 saturated carbocycles. The zero-order valence-corrected chi connectivity index (χ0v) is 12.8. The number of halogens is 5. The van der Waals surface area contributed by atoms with Gasteiger partial charge in [0.05, 0.1) is 25.8 Å². The van der Waals surface area contributed by atoms with Crippen molar-refractivity contribution in [2.45, 2.75) is 0 Å². The molecule has 0 atom stereocenters. The SMILES string of the molecule is O=C(Nc1cc(F)c(Br)cc1F)c1cccc(Cl)c1Cl. The van der Waals surface area contributed by atoms with E-state index in [0.717, 1.165) is 12.1 Å². The van der Waals surface area contributed by atoms with Gasteiger partial charge in [0.2, 0.25) is 0 Å². The van der Waals surface area contributed by atoms with E-state index in [0.29, 0.717) is 0 Å². The van der Waals surface area contributed by atoms with Crippen LogP contribution in [0.4, 0.5) is 14.5 Å². The van der Waals surface area contributed by atoms with Crippen molar-refractivity contribution in [3.63, 3.8) is 0 Å². The van der Waals surface area contributed by atoms with Gasteiger partial charge in [0.15, 0.2) is 0 Å². The molecule has 0 aliphatic carbocycles. The van der Waals surface area contributed by atoms with Gasteiger partial charge in [-0.1, -0.05) is 29.3 Å². The lowest BCUT2D eigenvalue weighted by atomic mass is 10.2. The number of carbonyl (C=O) groups excluding carboxylic acids is 1. The predicted molar refractivity (Wildman–Crippen MR) is 78.5 cm³/mol. The molecular formula is C13H6BrCl2F2NO. The quantitative estimate of drug-likeness (QED) is 0.705. The molecule has 104 valence electrons. The highest BCUT2D eigenvalue weighted by molar-refractivity contribution is 9.10. The molecular weight excluding hydrogens is 375 g/mol. The van der Waals surface area contributed by atoms with E-state index in [1.54, 1.807) is 0 Å². The molecule has 0 aliphatic heterocycles. The van der Waals surface area contributed by atoms with Gasteiger partial charge >= 0.3 is 0 Å². The van der Waals surface area contributed by atoms with Crippen molar-refractivity contribution in [3.05, 3.63) is 62.0 Å². The summed E-state index contributed by atoms with van der Waals surface area (Å²) in [7, 11) is 0. The van der Waals surface area contributed by atoms with Crippen molar-refractivity contribution >= 4 is 50.7 Å². The van der Waals surface area contributed by atoms with Crippen molar-refractivity contribution in [1.29, 1.82) is 0 Å². The Morgan fingerprint density at radius 2 is 1.85 bits per heavy atom. The smallest absolute Gasteiger partial charge is 0.257 e. The summed E-state index contributed by atoms with van der Waals surface area (Å²) in [5, 5.41) is 2.49. The molecule has 2 rings (SSSR count). The number of benzene rings is 2. The van der Waals surface area contributed by atoms with Crippen LogP contribution >= 0.6 is 39.1 Å². The number of hydrogen-bond donors (Lipinski definition) is 1. The first kappa shape index (κ1) is 15.2. The zero-order valence-electron chi connectivity index (χ0n) is 9.68. The molecule has 7 heteroatoms. The lowest BCUT2D eigenvalue weighted by Gasteiger charge is -2.09. The predicted octanol–water partition coefficient (Wildman–Crippen LogP) is 5.29. The Morgan fingerprint density at radius 1 is 1.15 bits per heavy atom. The van der Waals surface area contributed by atoms with Crippen LogP contribution in [0.25, 0.3) is 0 Å². The van der Waals surface area contributed by atoms with Gasteiger partial charge in [-0.25, -0.2) is 8.78 Å². The van der Waals surface area contributed by atoms with E-state index in [9.17, 15) is 13.6 Å². The molecule has 1 N–H and O–H groups in total. The number of rotatable bonds is 2. The fraction of sp³-hybridized carbons (Fsp3) is 0. The molecule has 0 saturated heterocycles. The number of anilines is 1. The van der Waals surface area contributed by atoms with Gasteiger partial charge in [-0.05, 0) is 34.1 Å². The fourth-order valence-corrected chi connectivity index (χ4v) is 2.19. The monoisotopic (exact) mass is 379 g/mol. The normalized spacial score (nSPS) is 10.4. The van der Waals surface area contributed by atoms with Gasteiger partial charge in [-0.2, -0.15) is 0 Å². The summed E-state index contributed by atoms with van der Waals surface area (Å²) < 4.78 is 26.9. The second-order valence-corrected chi connectivity index (χ2v) is 5.44. The second-order valence-electron chi connectivity index (χ2n) is 3.80. The van der Waals surface area contributed by atoms with Gasteiger partial charge in [0, 0.05) is 6.07 Å². The lowest BCUT2D eigenvalue weighted by Crippen LogP contribution is -2.14. The fourth-order valence-electron chi connectivity index (χ4n) is 1.49. The third kappa shape index (κ3) is 3.11. The van der Waals surface area contributed by atoms with E-state index < -0.39 is 17.5 Å². The van der Waals surface area contributed by atoms with E-state index in [1.165, 1.54) is 18.2 Å². The summed E-state index contributed by atoms with van der Waals surface area (Å²) in [6, 6.07) is 6.26. The molecule has 20 heavy (non-hydrogen) atoms. The van der Waals surface area contributed by atoms with E-state index in [-0.39, 0.29) is 25.8 Å². The molecule has 0 fully saturated rings. The van der Waals surface area contributed by atoms with Gasteiger partial charge < -0.3 is 5.32 Å². The minimum absolute atomic E-state index is 0.0335. The Bertz CT molecular complexity index is 694. The summed E-state index contributed by atoms with van der Waals surface area (Å²) in [5.74, 6) is -2.15. The summed E-state index contributed by atoms with van der Waals surface area (Å²) in [5.41, 5.74) is -0.214. The van der Waals surface area contributed by atoms with Crippen molar-refractivity contribution in [3.8, 4) is 0 Å². The third-order valence-corrected chi connectivity index (χ3v) is 3.88. The molecule has 2 aromatic rings. The van der Waals surface area contributed by atoms with Crippen LogP contribution < -0.4 is 5.32 Å². The average molecular weight is 381 g/mol. The van der Waals surface area contributed by atoms with Crippen molar-refractivity contribution in [1.82, 2.24) is 0 Å². The van der Waals surface area contributed by atoms with Crippen LogP contribution in [0.2, 0.25) is 10.0 Å². The third-order valence-electron chi connectivity index (χ3n) is 2.45. The maximum absolute atomic E-state index is 13.6. The largest absolute Gasteiger partial charge is 0.319 e. The highest BCUT2D eigenvalue weighted by Crippen LogP contribution is 2.28. The number of hydrogen-bond acceptors (Lipinski definition) is 1. The summed E-state index contributed by atoms with van der Waals surface area (Å²) in [4.78, 5) is 12.0. The Labute approximate surface area is 131 Å². The lowest BCUT2D eigenvalue weighted by molar-refractivity contribution is 0.102. The van der Waals surface area contributed by atoms with Gasteiger partial charge in [-0.3, -0.25) is 4.79 Å². The standard InChI is InChI=1S/C13H6BrCl2F2NO/c14-7-4-10(18)11(5-9(7)17)19-13(20)6-2-1-3-8(15)12(6)16/h1-5H,(H,19,20). The summed E-state index contributed by atoms with van der Waals surface area (Å²) >= 11 is 14.5. The molecule has 0 aliphatic rings. The molecule has 2 aromatic carbocycles. The van der Waals surface area contributed by atoms with Crippen molar-refractivity contribution in [2.24, 2.45) is 0 Å². The van der Waals surface area contributed by atoms with Crippen molar-refractivity contribution < 1.29 is 13.6 Å². The number of nitrogens with one attached hydrogen (secondary N) is 1. The molecule has 2 nitrogen and oxygen atoms in total. The molecule has 0 aromatic heterocycles. The maximum Gasteiger partial charge on any atom is 0.257 e. The Kier molecular flexibility index (Phi) is 4.62. The Morgan fingerprint density at radius 3 is 2.55 bits per heavy atom. The summed E-state index contributed by atoms with van der Waals surface area (Å²) in [6.07, 6.45) is 0. The minimum Gasteiger partial charge on any atom is -0.319 e. The van der Waals surface area contributed by atoms with Crippen LogP contribution in [0.5, 0.6) is 0 Å². The van der Waals surface area contributed by atoms with Crippen LogP contribution in [-0.4, -0.2) is 5.91 Å². The topological polar surface area (TPSA) is 29.1 Å². The van der Waals surface area contributed by atoms with Gasteiger partial charge in [-0.15, -0.1) is 0 Å². The molecule has 0 spiro atoms. The van der Waals surface area contributed by atoms with Gasteiger partial charge in [0.1, 0.15) is 11.6 Å².